The van der Waals surface area contributed by atoms with E-state index in [0.29, 0.717) is 13.2 Å². The van der Waals surface area contributed by atoms with Crippen LogP contribution in [0.3, 0.4) is 0 Å². The lowest BCUT2D eigenvalue weighted by atomic mass is 9.97. The van der Waals surface area contributed by atoms with Crippen LogP contribution < -0.4 is 0 Å². The van der Waals surface area contributed by atoms with Crippen LogP contribution >= 0.6 is 0 Å². The largest absolute Gasteiger partial charge is 0.465 e. The SMILES string of the molecule is CCOC(=O)/C=C(\C)C1(C(=O)OCC)CC1. The molecule has 4 nitrogen and oxygen atoms in total. The summed E-state index contributed by atoms with van der Waals surface area (Å²) in [6.45, 7) is 6.01. The van der Waals surface area contributed by atoms with Gasteiger partial charge in [0.25, 0.3) is 0 Å². The summed E-state index contributed by atoms with van der Waals surface area (Å²) < 4.78 is 9.81. The fraction of sp³-hybridized carbons (Fsp3) is 0.667. The van der Waals surface area contributed by atoms with Crippen molar-refractivity contribution in [1.82, 2.24) is 0 Å². The van der Waals surface area contributed by atoms with Gasteiger partial charge in [0.2, 0.25) is 0 Å². The quantitative estimate of drug-likeness (QED) is 0.530. The lowest BCUT2D eigenvalue weighted by molar-refractivity contribution is -0.148. The van der Waals surface area contributed by atoms with Gasteiger partial charge in [0.15, 0.2) is 0 Å². The Labute approximate surface area is 95.6 Å². The van der Waals surface area contributed by atoms with Crippen LogP contribution in [0.4, 0.5) is 0 Å². The van der Waals surface area contributed by atoms with Gasteiger partial charge in [-0.15, -0.1) is 0 Å². The molecule has 90 valence electrons. The molecule has 0 amide bonds. The summed E-state index contributed by atoms with van der Waals surface area (Å²) in [6.07, 6.45) is 2.91. The molecule has 0 bridgehead atoms. The molecule has 0 heterocycles. The molecule has 1 fully saturated rings. The highest BCUT2D eigenvalue weighted by Gasteiger charge is 2.52. The van der Waals surface area contributed by atoms with Crippen molar-refractivity contribution in [3.05, 3.63) is 11.6 Å². The predicted octanol–water partition coefficient (Wildman–Crippen LogP) is 1.84. The Hall–Kier alpha value is -1.32. The summed E-state index contributed by atoms with van der Waals surface area (Å²) in [6, 6.07) is 0. The van der Waals surface area contributed by atoms with Crippen molar-refractivity contribution < 1.29 is 19.1 Å². The third kappa shape index (κ3) is 2.62. The van der Waals surface area contributed by atoms with Gasteiger partial charge in [-0.25, -0.2) is 4.79 Å². The van der Waals surface area contributed by atoms with Crippen LogP contribution in [-0.4, -0.2) is 25.2 Å². The van der Waals surface area contributed by atoms with Crippen molar-refractivity contribution in [1.29, 1.82) is 0 Å². The zero-order valence-corrected chi connectivity index (χ0v) is 10.0. The third-order valence-corrected chi connectivity index (χ3v) is 2.79. The number of carbonyl (C=O) groups is 2. The van der Waals surface area contributed by atoms with Crippen molar-refractivity contribution in [2.75, 3.05) is 13.2 Å². The van der Waals surface area contributed by atoms with Gasteiger partial charge in [0.05, 0.1) is 18.6 Å². The maximum absolute atomic E-state index is 11.7. The van der Waals surface area contributed by atoms with Gasteiger partial charge in [-0.2, -0.15) is 0 Å². The molecule has 0 aromatic carbocycles. The van der Waals surface area contributed by atoms with E-state index in [9.17, 15) is 9.59 Å². The molecule has 0 radical (unpaired) electrons. The van der Waals surface area contributed by atoms with Crippen molar-refractivity contribution >= 4 is 11.9 Å². The molecule has 1 aliphatic carbocycles. The molecule has 0 saturated heterocycles. The number of rotatable bonds is 5. The first-order valence-corrected chi connectivity index (χ1v) is 5.59. The Morgan fingerprint density at radius 2 is 1.75 bits per heavy atom. The standard InChI is InChI=1S/C12H18O4/c1-4-15-10(13)8-9(3)12(6-7-12)11(14)16-5-2/h8H,4-7H2,1-3H3/b9-8+. The third-order valence-electron chi connectivity index (χ3n) is 2.79. The van der Waals surface area contributed by atoms with Crippen LogP contribution in [0.15, 0.2) is 11.6 Å². The molecule has 0 spiro atoms. The number of ether oxygens (including phenoxy) is 2. The van der Waals surface area contributed by atoms with E-state index in [2.05, 4.69) is 0 Å². The van der Waals surface area contributed by atoms with Gasteiger partial charge in [0, 0.05) is 6.08 Å². The fourth-order valence-corrected chi connectivity index (χ4v) is 1.65. The summed E-state index contributed by atoms with van der Waals surface area (Å²) in [5, 5.41) is 0. The Kier molecular flexibility index (Phi) is 4.10. The van der Waals surface area contributed by atoms with Crippen molar-refractivity contribution in [3.63, 3.8) is 0 Å². The summed E-state index contributed by atoms with van der Waals surface area (Å²) in [4.78, 5) is 23.0. The molecule has 1 saturated carbocycles. The Balaban J connectivity index is 2.69. The van der Waals surface area contributed by atoms with E-state index in [1.807, 2.05) is 0 Å². The zero-order chi connectivity index (χ0) is 12.2. The summed E-state index contributed by atoms with van der Waals surface area (Å²) >= 11 is 0. The van der Waals surface area contributed by atoms with Gasteiger partial charge >= 0.3 is 11.9 Å². The van der Waals surface area contributed by atoms with Crippen molar-refractivity contribution in [3.8, 4) is 0 Å². The van der Waals surface area contributed by atoms with Gasteiger partial charge in [-0.05, 0) is 39.2 Å². The lowest BCUT2D eigenvalue weighted by Gasteiger charge is -2.14. The highest BCUT2D eigenvalue weighted by molar-refractivity contribution is 5.88. The van der Waals surface area contributed by atoms with Gasteiger partial charge in [0.1, 0.15) is 0 Å². The van der Waals surface area contributed by atoms with Gasteiger partial charge < -0.3 is 9.47 Å². The second-order valence-electron chi connectivity index (χ2n) is 3.88. The number of hydrogen-bond acceptors (Lipinski definition) is 4. The van der Waals surface area contributed by atoms with Crippen LogP contribution in [0, 0.1) is 5.41 Å². The van der Waals surface area contributed by atoms with Crippen LogP contribution in [0.5, 0.6) is 0 Å². The molecular formula is C12H18O4. The van der Waals surface area contributed by atoms with Crippen LogP contribution in [0.25, 0.3) is 0 Å². The normalized spacial score (nSPS) is 17.8. The van der Waals surface area contributed by atoms with Gasteiger partial charge in [-0.3, -0.25) is 4.79 Å². The Morgan fingerprint density at radius 1 is 1.19 bits per heavy atom. The van der Waals surface area contributed by atoms with E-state index in [4.69, 9.17) is 9.47 Å². The van der Waals surface area contributed by atoms with Crippen LogP contribution in [0.1, 0.15) is 33.6 Å². The molecule has 0 aromatic rings. The van der Waals surface area contributed by atoms with E-state index < -0.39 is 11.4 Å². The molecule has 4 heteroatoms. The molecule has 1 aliphatic rings. The summed E-state index contributed by atoms with van der Waals surface area (Å²) in [7, 11) is 0. The monoisotopic (exact) mass is 226 g/mol. The topological polar surface area (TPSA) is 52.6 Å². The first-order valence-electron chi connectivity index (χ1n) is 5.59. The number of carbonyl (C=O) groups excluding carboxylic acids is 2. The van der Waals surface area contributed by atoms with Crippen molar-refractivity contribution in [2.24, 2.45) is 5.41 Å². The maximum Gasteiger partial charge on any atom is 0.330 e. The first-order chi connectivity index (χ1) is 7.56. The minimum absolute atomic E-state index is 0.229. The van der Waals surface area contributed by atoms with E-state index >= 15 is 0 Å². The summed E-state index contributed by atoms with van der Waals surface area (Å²) in [5.74, 6) is -0.622. The highest BCUT2D eigenvalue weighted by atomic mass is 16.5. The average molecular weight is 226 g/mol. The molecule has 0 aromatic heterocycles. The van der Waals surface area contributed by atoms with E-state index in [1.165, 1.54) is 6.08 Å². The smallest absolute Gasteiger partial charge is 0.330 e. The summed E-state index contributed by atoms with van der Waals surface area (Å²) in [5.41, 5.74) is 0.187. The van der Waals surface area contributed by atoms with Crippen molar-refractivity contribution in [2.45, 2.75) is 33.6 Å². The van der Waals surface area contributed by atoms with Gasteiger partial charge in [-0.1, -0.05) is 0 Å². The molecule has 16 heavy (non-hydrogen) atoms. The molecule has 0 atom stereocenters. The lowest BCUT2D eigenvalue weighted by Crippen LogP contribution is -2.21. The second kappa shape index (κ2) is 5.14. The number of hydrogen-bond donors (Lipinski definition) is 0. The second-order valence-corrected chi connectivity index (χ2v) is 3.88. The highest BCUT2D eigenvalue weighted by Crippen LogP contribution is 2.52. The van der Waals surface area contributed by atoms with Crippen LogP contribution in [0.2, 0.25) is 0 Å². The predicted molar refractivity (Wildman–Crippen MR) is 58.7 cm³/mol. The minimum atomic E-state index is -0.553. The molecule has 1 rings (SSSR count). The fourth-order valence-electron chi connectivity index (χ4n) is 1.65. The maximum atomic E-state index is 11.7. The molecule has 0 aliphatic heterocycles. The van der Waals surface area contributed by atoms with E-state index in [1.54, 1.807) is 20.8 Å². The molecule has 0 N–H and O–H groups in total. The Morgan fingerprint density at radius 3 is 2.19 bits per heavy atom. The van der Waals surface area contributed by atoms with E-state index in [-0.39, 0.29) is 5.97 Å². The first kappa shape index (κ1) is 12.7. The van der Waals surface area contributed by atoms with E-state index in [0.717, 1.165) is 18.4 Å². The molecular weight excluding hydrogens is 208 g/mol. The zero-order valence-electron chi connectivity index (χ0n) is 10.0. The molecule has 0 unspecified atom stereocenters. The minimum Gasteiger partial charge on any atom is -0.465 e. The Bertz CT molecular complexity index is 313. The number of esters is 2. The van der Waals surface area contributed by atoms with Crippen LogP contribution in [-0.2, 0) is 19.1 Å². The average Bonchev–Trinajstić information content (AvgIpc) is 2.98.